The van der Waals surface area contributed by atoms with Crippen molar-refractivity contribution in [1.29, 1.82) is 0 Å². The van der Waals surface area contributed by atoms with Crippen LogP contribution in [0.15, 0.2) is 24.3 Å². The van der Waals surface area contributed by atoms with E-state index in [0.29, 0.717) is 18.7 Å². The van der Waals surface area contributed by atoms with Crippen molar-refractivity contribution in [2.75, 3.05) is 13.2 Å². The fourth-order valence-corrected chi connectivity index (χ4v) is 1.71. The van der Waals surface area contributed by atoms with Gasteiger partial charge in [0.2, 0.25) is 0 Å². The third-order valence-corrected chi connectivity index (χ3v) is 2.72. The Morgan fingerprint density at radius 1 is 1.25 bits per heavy atom. The third kappa shape index (κ3) is 6.78. The normalized spacial score (nSPS) is 10.1. The van der Waals surface area contributed by atoms with Crippen LogP contribution in [0.3, 0.4) is 0 Å². The molecule has 0 aromatic heterocycles. The molecule has 0 heterocycles. The highest BCUT2D eigenvalue weighted by Gasteiger charge is 2.03. The number of rotatable bonds is 9. The maximum absolute atomic E-state index is 11.4. The first-order chi connectivity index (χ1) is 9.61. The predicted molar refractivity (Wildman–Crippen MR) is 75.8 cm³/mol. The highest BCUT2D eigenvalue weighted by atomic mass is 16.5. The van der Waals surface area contributed by atoms with Crippen LogP contribution >= 0.6 is 0 Å². The third-order valence-electron chi connectivity index (χ3n) is 2.72. The molecule has 0 atom stereocenters. The number of nitrogens with one attached hydrogen (secondary N) is 1. The number of hydrogen-bond donors (Lipinski definition) is 2. The maximum Gasteiger partial charge on any atom is 0.303 e. The highest BCUT2D eigenvalue weighted by molar-refractivity contribution is 5.77. The molecule has 1 aromatic rings. The smallest absolute Gasteiger partial charge is 0.303 e. The summed E-state index contributed by atoms with van der Waals surface area (Å²) in [4.78, 5) is 21.7. The molecule has 0 aliphatic rings. The summed E-state index contributed by atoms with van der Waals surface area (Å²) in [7, 11) is 0. The number of aliphatic carboxylic acids is 1. The van der Waals surface area contributed by atoms with Crippen LogP contribution in [0.1, 0.15) is 31.7 Å². The molecule has 1 aromatic carbocycles. The van der Waals surface area contributed by atoms with E-state index in [1.54, 1.807) is 0 Å². The molecule has 110 valence electrons. The van der Waals surface area contributed by atoms with Crippen LogP contribution in [0.2, 0.25) is 0 Å². The number of carbonyl (C=O) groups excluding carboxylic acids is 1. The Kier molecular flexibility index (Phi) is 7.17. The van der Waals surface area contributed by atoms with E-state index < -0.39 is 5.97 Å². The van der Waals surface area contributed by atoms with Crippen molar-refractivity contribution in [3.05, 3.63) is 29.8 Å². The first kappa shape index (κ1) is 16.0. The van der Waals surface area contributed by atoms with Gasteiger partial charge in [-0.3, -0.25) is 9.59 Å². The molecule has 0 aliphatic carbocycles. The van der Waals surface area contributed by atoms with E-state index in [0.717, 1.165) is 12.8 Å². The molecular formula is C15H21NO4. The number of carbonyl (C=O) groups is 2. The summed E-state index contributed by atoms with van der Waals surface area (Å²) in [6.45, 7) is 2.42. The molecule has 0 fully saturated rings. The van der Waals surface area contributed by atoms with E-state index in [9.17, 15) is 9.59 Å². The average molecular weight is 279 g/mol. The van der Waals surface area contributed by atoms with E-state index in [2.05, 4.69) is 12.2 Å². The van der Waals surface area contributed by atoms with Crippen molar-refractivity contribution in [3.8, 4) is 5.75 Å². The number of ether oxygens (including phenoxy) is 1. The van der Waals surface area contributed by atoms with Gasteiger partial charge >= 0.3 is 5.97 Å². The fourth-order valence-electron chi connectivity index (χ4n) is 1.71. The van der Waals surface area contributed by atoms with Crippen molar-refractivity contribution < 1.29 is 19.4 Å². The molecule has 1 amide bonds. The second kappa shape index (κ2) is 8.96. The molecule has 0 unspecified atom stereocenters. The van der Waals surface area contributed by atoms with Gasteiger partial charge in [0.15, 0.2) is 6.61 Å². The van der Waals surface area contributed by atoms with E-state index in [1.807, 2.05) is 24.3 Å². The Morgan fingerprint density at radius 3 is 2.55 bits per heavy atom. The van der Waals surface area contributed by atoms with Gasteiger partial charge in [0.25, 0.3) is 5.91 Å². The number of hydrogen-bond acceptors (Lipinski definition) is 3. The molecule has 0 aliphatic heterocycles. The summed E-state index contributed by atoms with van der Waals surface area (Å²) in [5.74, 6) is -0.443. The number of benzene rings is 1. The quantitative estimate of drug-likeness (QED) is 0.678. The molecule has 5 heteroatoms. The Labute approximate surface area is 118 Å². The number of carboxylic acids is 1. The zero-order valence-electron chi connectivity index (χ0n) is 11.7. The minimum absolute atomic E-state index is 0.0554. The molecule has 1 rings (SSSR count). The van der Waals surface area contributed by atoms with E-state index in [-0.39, 0.29) is 18.9 Å². The Hall–Kier alpha value is -2.04. The Bertz CT molecular complexity index is 428. The van der Waals surface area contributed by atoms with Crippen LogP contribution in [-0.2, 0) is 16.0 Å². The van der Waals surface area contributed by atoms with Crippen LogP contribution in [0, 0.1) is 0 Å². The van der Waals surface area contributed by atoms with Gasteiger partial charge in [-0.25, -0.2) is 0 Å². The summed E-state index contributed by atoms with van der Waals surface area (Å²) in [5.41, 5.74) is 1.25. The van der Waals surface area contributed by atoms with Crippen molar-refractivity contribution in [2.45, 2.75) is 32.6 Å². The van der Waals surface area contributed by atoms with Crippen molar-refractivity contribution >= 4 is 11.9 Å². The number of amides is 1. The van der Waals surface area contributed by atoms with E-state index >= 15 is 0 Å². The molecule has 0 bridgehead atoms. The first-order valence-electron chi connectivity index (χ1n) is 6.82. The lowest BCUT2D eigenvalue weighted by molar-refractivity contribution is -0.137. The molecule has 0 saturated carbocycles. The van der Waals surface area contributed by atoms with Gasteiger partial charge < -0.3 is 15.2 Å². The van der Waals surface area contributed by atoms with Gasteiger partial charge in [-0.1, -0.05) is 25.5 Å². The lowest BCUT2D eigenvalue weighted by Gasteiger charge is -2.07. The average Bonchev–Trinajstić information content (AvgIpc) is 2.43. The topological polar surface area (TPSA) is 75.6 Å². The van der Waals surface area contributed by atoms with Gasteiger partial charge in [-0.2, -0.15) is 0 Å². The molecular weight excluding hydrogens is 258 g/mol. The zero-order valence-corrected chi connectivity index (χ0v) is 11.7. The standard InChI is InChI=1S/C15H21NO4/c1-2-4-12-6-8-13(9-7-12)20-11-14(17)16-10-3-5-15(18)19/h6-9H,2-5,10-11H2,1H3,(H,16,17)(H,18,19). The molecule has 5 nitrogen and oxygen atoms in total. The molecule has 0 spiro atoms. The summed E-state index contributed by atoms with van der Waals surface area (Å²) >= 11 is 0. The molecule has 20 heavy (non-hydrogen) atoms. The zero-order chi connectivity index (χ0) is 14.8. The molecule has 0 saturated heterocycles. The molecule has 0 radical (unpaired) electrons. The lowest BCUT2D eigenvalue weighted by atomic mass is 10.1. The van der Waals surface area contributed by atoms with E-state index in [1.165, 1.54) is 5.56 Å². The monoisotopic (exact) mass is 279 g/mol. The van der Waals surface area contributed by atoms with Gasteiger partial charge in [-0.05, 0) is 30.5 Å². The largest absolute Gasteiger partial charge is 0.484 e. The maximum atomic E-state index is 11.4. The Balaban J connectivity index is 2.21. The molecule has 2 N–H and O–H groups in total. The second-order valence-electron chi connectivity index (χ2n) is 4.53. The van der Waals surface area contributed by atoms with Crippen molar-refractivity contribution in [2.24, 2.45) is 0 Å². The van der Waals surface area contributed by atoms with Crippen molar-refractivity contribution in [3.63, 3.8) is 0 Å². The van der Waals surface area contributed by atoms with Crippen LogP contribution in [-0.4, -0.2) is 30.1 Å². The predicted octanol–water partition coefficient (Wildman–Crippen LogP) is 2.00. The van der Waals surface area contributed by atoms with Crippen LogP contribution in [0.5, 0.6) is 5.75 Å². The number of carboxylic acid groups (broad SMARTS) is 1. The minimum Gasteiger partial charge on any atom is -0.484 e. The SMILES string of the molecule is CCCc1ccc(OCC(=O)NCCCC(=O)O)cc1. The summed E-state index contributed by atoms with van der Waals surface area (Å²) in [5, 5.41) is 11.1. The Morgan fingerprint density at radius 2 is 1.95 bits per heavy atom. The van der Waals surface area contributed by atoms with Crippen molar-refractivity contribution in [1.82, 2.24) is 5.32 Å². The van der Waals surface area contributed by atoms with Gasteiger partial charge in [0.05, 0.1) is 0 Å². The van der Waals surface area contributed by atoms with E-state index in [4.69, 9.17) is 9.84 Å². The van der Waals surface area contributed by atoms with Gasteiger partial charge in [-0.15, -0.1) is 0 Å². The fraction of sp³-hybridized carbons (Fsp3) is 0.467. The lowest BCUT2D eigenvalue weighted by Crippen LogP contribution is -2.29. The second-order valence-corrected chi connectivity index (χ2v) is 4.53. The van der Waals surface area contributed by atoms with Gasteiger partial charge in [0.1, 0.15) is 5.75 Å². The van der Waals surface area contributed by atoms with Crippen LogP contribution in [0.25, 0.3) is 0 Å². The highest BCUT2D eigenvalue weighted by Crippen LogP contribution is 2.13. The van der Waals surface area contributed by atoms with Gasteiger partial charge in [0, 0.05) is 13.0 Å². The number of aryl methyl sites for hydroxylation is 1. The van der Waals surface area contributed by atoms with Crippen LogP contribution in [0.4, 0.5) is 0 Å². The summed E-state index contributed by atoms with van der Waals surface area (Å²) in [6, 6.07) is 7.68. The van der Waals surface area contributed by atoms with Crippen LogP contribution < -0.4 is 10.1 Å². The summed E-state index contributed by atoms with van der Waals surface area (Å²) in [6.07, 6.45) is 2.61. The minimum atomic E-state index is -0.859. The summed E-state index contributed by atoms with van der Waals surface area (Å²) < 4.78 is 5.35. The first-order valence-corrected chi connectivity index (χ1v) is 6.82.